The molecule has 3 aromatic carbocycles. The van der Waals surface area contributed by atoms with Crippen LogP contribution in [-0.2, 0) is 35.0 Å². The number of benzene rings is 3. The molecule has 1 N–H and O–H groups in total. The highest BCUT2D eigenvalue weighted by Gasteiger charge is 2.25. The number of aliphatic hydroxyl groups is 1. The van der Waals surface area contributed by atoms with Crippen LogP contribution in [0.2, 0.25) is 0 Å². The molecular formula is C40H42O8. The Labute approximate surface area is 282 Å². The van der Waals surface area contributed by atoms with Gasteiger partial charge >= 0.3 is 17.9 Å². The van der Waals surface area contributed by atoms with E-state index in [1.54, 1.807) is 26.0 Å². The van der Waals surface area contributed by atoms with Gasteiger partial charge in [-0.05, 0) is 78.3 Å². The number of hydrogen-bond acceptors (Lipinski definition) is 8. The second-order valence-electron chi connectivity index (χ2n) is 11.7. The molecule has 0 saturated heterocycles. The first kappa shape index (κ1) is 35.8. The average Bonchev–Trinajstić information content (AvgIpc) is 3.10. The summed E-state index contributed by atoms with van der Waals surface area (Å²) in [6, 6.07) is 23.4. The van der Waals surface area contributed by atoms with Crippen LogP contribution in [0.4, 0.5) is 0 Å². The minimum Gasteiger partial charge on any atom is -0.462 e. The Balaban J connectivity index is 1.51. The van der Waals surface area contributed by atoms with Crippen molar-refractivity contribution in [2.24, 2.45) is 5.92 Å². The minimum atomic E-state index is -0.598. The lowest BCUT2D eigenvalue weighted by Crippen LogP contribution is -2.23. The van der Waals surface area contributed by atoms with Crippen molar-refractivity contribution in [2.45, 2.75) is 39.2 Å². The van der Waals surface area contributed by atoms with E-state index in [-0.39, 0.29) is 24.8 Å². The number of esters is 3. The number of hydrogen-bond donors (Lipinski definition) is 1. The Morgan fingerprint density at radius 1 is 0.875 bits per heavy atom. The van der Waals surface area contributed by atoms with Gasteiger partial charge in [-0.25, -0.2) is 9.59 Å². The summed E-state index contributed by atoms with van der Waals surface area (Å²) in [5, 5.41) is 9.18. The average molecular weight is 651 g/mol. The van der Waals surface area contributed by atoms with Crippen LogP contribution in [-0.4, -0.2) is 56.0 Å². The molecular weight excluding hydrogens is 608 g/mol. The number of carbonyl (C=O) groups is 3. The van der Waals surface area contributed by atoms with Gasteiger partial charge in [0.2, 0.25) is 0 Å². The van der Waals surface area contributed by atoms with Gasteiger partial charge in [-0.15, -0.1) is 0 Å². The number of carbonyl (C=O) groups excluding carboxylic acids is 3. The number of aliphatic hydroxyl groups excluding tert-OH is 1. The number of rotatable bonds is 15. The van der Waals surface area contributed by atoms with Gasteiger partial charge in [-0.1, -0.05) is 79.9 Å². The van der Waals surface area contributed by atoms with Gasteiger partial charge in [0.1, 0.15) is 11.9 Å². The highest BCUT2D eigenvalue weighted by Crippen LogP contribution is 2.35. The zero-order valence-corrected chi connectivity index (χ0v) is 27.7. The molecule has 0 saturated carbocycles. The molecule has 48 heavy (non-hydrogen) atoms. The van der Waals surface area contributed by atoms with E-state index in [4.69, 9.17) is 18.9 Å². The molecule has 1 aliphatic carbocycles. The Morgan fingerprint density at radius 2 is 1.48 bits per heavy atom. The SMILES string of the molecule is C=C(C)C(=O)OCCCc1ccc(C2=CCC(OC(=O)C(=C)COC)C(c3ccc(-c4ccc(OC(=O)C(C)CO)cc4)cc3)=C2)cc1. The van der Waals surface area contributed by atoms with Crippen molar-refractivity contribution in [1.29, 1.82) is 0 Å². The third-order valence-corrected chi connectivity index (χ3v) is 7.85. The van der Waals surface area contributed by atoms with E-state index in [2.05, 4.69) is 49.6 Å². The standard InChI is InChI=1S/C40H42O8/c1-26(2)38(42)46-22-6-7-29-8-10-32(11-9-29)34-18-21-37(48-40(44)28(4)25-45-5)36(23-34)33-14-12-30(13-15-33)31-16-19-35(20-17-31)47-39(43)27(3)24-41/h8-20,23,27,37,41H,1,4,6-7,21-22,24-25H2,2-3,5H3. The topological polar surface area (TPSA) is 108 Å². The molecule has 0 bridgehead atoms. The zero-order valence-electron chi connectivity index (χ0n) is 27.7. The predicted molar refractivity (Wildman–Crippen MR) is 186 cm³/mol. The lowest BCUT2D eigenvalue weighted by atomic mass is 9.87. The van der Waals surface area contributed by atoms with Gasteiger partial charge in [0.05, 0.1) is 31.3 Å². The molecule has 0 spiro atoms. The summed E-state index contributed by atoms with van der Waals surface area (Å²) in [6.45, 7) is 10.8. The van der Waals surface area contributed by atoms with Gasteiger partial charge in [0, 0.05) is 24.7 Å². The largest absolute Gasteiger partial charge is 0.462 e. The van der Waals surface area contributed by atoms with Crippen LogP contribution in [0.3, 0.4) is 0 Å². The van der Waals surface area contributed by atoms with E-state index in [9.17, 15) is 19.5 Å². The summed E-state index contributed by atoms with van der Waals surface area (Å²) >= 11 is 0. The van der Waals surface area contributed by atoms with Gasteiger partial charge in [0.25, 0.3) is 0 Å². The van der Waals surface area contributed by atoms with Crippen LogP contribution in [0.25, 0.3) is 22.3 Å². The fourth-order valence-corrected chi connectivity index (χ4v) is 5.00. The number of aryl methyl sites for hydroxylation is 1. The normalized spacial score (nSPS) is 14.6. The number of ether oxygens (including phenoxy) is 4. The van der Waals surface area contributed by atoms with E-state index in [0.717, 1.165) is 45.4 Å². The summed E-state index contributed by atoms with van der Waals surface area (Å²) in [4.78, 5) is 36.4. The molecule has 0 heterocycles. The van der Waals surface area contributed by atoms with Crippen molar-refractivity contribution in [1.82, 2.24) is 0 Å². The second-order valence-corrected chi connectivity index (χ2v) is 11.7. The van der Waals surface area contributed by atoms with E-state index in [0.29, 0.717) is 30.8 Å². The van der Waals surface area contributed by atoms with Gasteiger partial charge in [-0.3, -0.25) is 4.79 Å². The van der Waals surface area contributed by atoms with Crippen molar-refractivity contribution in [3.63, 3.8) is 0 Å². The fourth-order valence-electron chi connectivity index (χ4n) is 5.00. The highest BCUT2D eigenvalue weighted by molar-refractivity contribution is 5.92. The molecule has 0 amide bonds. The first-order valence-electron chi connectivity index (χ1n) is 15.8. The lowest BCUT2D eigenvalue weighted by Gasteiger charge is -2.25. The van der Waals surface area contributed by atoms with Gasteiger partial charge < -0.3 is 24.1 Å². The first-order valence-corrected chi connectivity index (χ1v) is 15.8. The Morgan fingerprint density at radius 3 is 2.08 bits per heavy atom. The molecule has 2 atom stereocenters. The molecule has 1 aliphatic rings. The maximum absolute atomic E-state index is 12.8. The monoisotopic (exact) mass is 650 g/mol. The molecule has 0 radical (unpaired) electrons. The predicted octanol–water partition coefficient (Wildman–Crippen LogP) is 6.92. The quantitative estimate of drug-likeness (QED) is 0.0817. The molecule has 250 valence electrons. The molecule has 0 aliphatic heterocycles. The smallest absolute Gasteiger partial charge is 0.336 e. The summed E-state index contributed by atoms with van der Waals surface area (Å²) in [7, 11) is 1.50. The van der Waals surface area contributed by atoms with Crippen LogP contribution in [0.5, 0.6) is 5.75 Å². The maximum Gasteiger partial charge on any atom is 0.336 e. The van der Waals surface area contributed by atoms with E-state index in [1.807, 2.05) is 36.4 Å². The Bertz CT molecular complexity index is 1680. The molecule has 0 fully saturated rings. The van der Waals surface area contributed by atoms with Crippen LogP contribution < -0.4 is 4.74 Å². The summed E-state index contributed by atoms with van der Waals surface area (Å²) in [6.07, 6.45) is 5.58. The van der Waals surface area contributed by atoms with E-state index < -0.39 is 24.0 Å². The Hall–Kier alpha value is -5.05. The molecule has 8 heteroatoms. The van der Waals surface area contributed by atoms with Crippen molar-refractivity contribution < 1.29 is 38.4 Å². The first-order chi connectivity index (χ1) is 23.1. The van der Waals surface area contributed by atoms with Crippen molar-refractivity contribution in [2.75, 3.05) is 26.9 Å². The lowest BCUT2D eigenvalue weighted by molar-refractivity contribution is -0.142. The number of methoxy groups -OCH3 is 1. The molecule has 2 unspecified atom stereocenters. The molecule has 0 aromatic heterocycles. The van der Waals surface area contributed by atoms with Crippen LogP contribution in [0, 0.1) is 5.92 Å². The van der Waals surface area contributed by atoms with Crippen LogP contribution in [0.15, 0.2) is 109 Å². The van der Waals surface area contributed by atoms with Crippen molar-refractivity contribution in [3.8, 4) is 16.9 Å². The Kier molecular flexibility index (Phi) is 12.8. The second kappa shape index (κ2) is 17.2. The van der Waals surface area contributed by atoms with Crippen molar-refractivity contribution >= 4 is 29.1 Å². The number of allylic oxidation sites excluding steroid dienone is 2. The highest BCUT2D eigenvalue weighted by atomic mass is 16.5. The molecule has 8 nitrogen and oxygen atoms in total. The zero-order chi connectivity index (χ0) is 34.6. The van der Waals surface area contributed by atoms with Crippen molar-refractivity contribution in [3.05, 3.63) is 126 Å². The van der Waals surface area contributed by atoms with E-state index in [1.165, 1.54) is 7.11 Å². The third-order valence-electron chi connectivity index (χ3n) is 7.85. The molecule has 4 rings (SSSR count). The maximum atomic E-state index is 12.8. The van der Waals surface area contributed by atoms with Gasteiger partial charge in [0.15, 0.2) is 0 Å². The summed E-state index contributed by atoms with van der Waals surface area (Å²) in [5.74, 6) is -1.56. The van der Waals surface area contributed by atoms with Crippen LogP contribution in [0.1, 0.15) is 43.4 Å². The molecule has 3 aromatic rings. The minimum absolute atomic E-state index is 0.0848. The fraction of sp³-hybridized carbons (Fsp3) is 0.275. The van der Waals surface area contributed by atoms with E-state index >= 15 is 0 Å². The van der Waals surface area contributed by atoms with Crippen LogP contribution >= 0.6 is 0 Å². The summed E-state index contributed by atoms with van der Waals surface area (Å²) in [5.41, 5.74) is 7.47. The van der Waals surface area contributed by atoms with Gasteiger partial charge in [-0.2, -0.15) is 0 Å². The summed E-state index contributed by atoms with van der Waals surface area (Å²) < 4.78 is 21.5. The third kappa shape index (κ3) is 9.73.